The Morgan fingerprint density at radius 2 is 1.52 bits per heavy atom. The van der Waals surface area contributed by atoms with E-state index in [1.54, 1.807) is 0 Å². The van der Waals surface area contributed by atoms with Gasteiger partial charge in [-0.05, 0) is 92.3 Å². The molecule has 0 aliphatic heterocycles. The third kappa shape index (κ3) is 4.55. The van der Waals surface area contributed by atoms with Crippen molar-refractivity contribution in [2.24, 2.45) is 40.4 Å². The van der Waals surface area contributed by atoms with E-state index in [2.05, 4.69) is 13.8 Å². The molecule has 0 heterocycles. The number of hydrogen-bond acceptors (Lipinski definition) is 6. The van der Waals surface area contributed by atoms with Crippen LogP contribution in [0.3, 0.4) is 0 Å². The Labute approximate surface area is 198 Å². The molecule has 4 rings (SSSR count). The first kappa shape index (κ1) is 24.5. The van der Waals surface area contributed by atoms with E-state index in [1.165, 1.54) is 40.0 Å². The second-order valence-corrected chi connectivity index (χ2v) is 11.8. The number of carbonyl (C=O) groups excluding carboxylic acids is 3. The molecular weight excluding hydrogens is 420 g/mol. The summed E-state index contributed by atoms with van der Waals surface area (Å²) in [5.41, 5.74) is 0.436. The number of carbonyl (C=O) groups is 3. The van der Waals surface area contributed by atoms with E-state index in [1.807, 2.05) is 0 Å². The largest absolute Gasteiger partial charge is 0.463 e. The fourth-order valence-electron chi connectivity index (χ4n) is 8.86. The molecule has 4 aliphatic rings. The summed E-state index contributed by atoms with van der Waals surface area (Å²) in [5.74, 6) is 2.13. The summed E-state index contributed by atoms with van der Waals surface area (Å²) in [6.45, 7) is 9.45. The molecule has 0 aromatic carbocycles. The van der Waals surface area contributed by atoms with Crippen molar-refractivity contribution in [3.63, 3.8) is 0 Å². The van der Waals surface area contributed by atoms with Gasteiger partial charge < -0.3 is 14.2 Å². The minimum atomic E-state index is -0.357. The lowest BCUT2D eigenvalue weighted by Crippen LogP contribution is -2.55. The maximum atomic E-state index is 11.8. The molecule has 0 radical (unpaired) electrons. The Balaban J connectivity index is 1.50. The summed E-state index contributed by atoms with van der Waals surface area (Å²) >= 11 is 0. The van der Waals surface area contributed by atoms with Crippen molar-refractivity contribution in [2.75, 3.05) is 6.61 Å². The van der Waals surface area contributed by atoms with Crippen molar-refractivity contribution in [2.45, 2.75) is 105 Å². The first-order valence-corrected chi connectivity index (χ1v) is 13.0. The third-order valence-corrected chi connectivity index (χ3v) is 10.2. The molecule has 0 N–H and O–H groups in total. The number of ether oxygens (including phenoxy) is 3. The highest BCUT2D eigenvalue weighted by molar-refractivity contribution is 5.67. The van der Waals surface area contributed by atoms with Gasteiger partial charge in [-0.2, -0.15) is 0 Å². The molecule has 4 fully saturated rings. The predicted molar refractivity (Wildman–Crippen MR) is 123 cm³/mol. The maximum absolute atomic E-state index is 11.8. The highest BCUT2D eigenvalue weighted by atomic mass is 16.6. The van der Waals surface area contributed by atoms with Gasteiger partial charge in [-0.3, -0.25) is 14.4 Å². The monoisotopic (exact) mass is 462 g/mol. The van der Waals surface area contributed by atoms with Crippen LogP contribution in [0.5, 0.6) is 0 Å². The molecule has 4 aliphatic carbocycles. The molecule has 0 bridgehead atoms. The van der Waals surface area contributed by atoms with Gasteiger partial charge in [-0.1, -0.05) is 13.8 Å². The van der Waals surface area contributed by atoms with Crippen LogP contribution in [0.15, 0.2) is 0 Å². The molecule has 0 spiro atoms. The Hall–Kier alpha value is -1.59. The van der Waals surface area contributed by atoms with E-state index < -0.39 is 0 Å². The van der Waals surface area contributed by atoms with E-state index in [-0.39, 0.29) is 48.1 Å². The molecule has 0 aromatic rings. The first-order valence-electron chi connectivity index (χ1n) is 13.0. The number of hydrogen-bond donors (Lipinski definition) is 0. The third-order valence-electron chi connectivity index (χ3n) is 10.2. The summed E-state index contributed by atoms with van der Waals surface area (Å²) in [4.78, 5) is 34.8. The Kier molecular flexibility index (Phi) is 6.85. The van der Waals surface area contributed by atoms with Crippen LogP contribution in [0.2, 0.25) is 0 Å². The fraction of sp³-hybridized carbons (Fsp3) is 0.889. The summed E-state index contributed by atoms with van der Waals surface area (Å²) in [7, 11) is 0. The summed E-state index contributed by atoms with van der Waals surface area (Å²) in [5, 5.41) is 0. The smallest absolute Gasteiger partial charge is 0.303 e. The molecular formula is C27H42O6. The van der Waals surface area contributed by atoms with E-state index in [4.69, 9.17) is 14.2 Å². The number of rotatable bonds is 5. The molecule has 4 saturated carbocycles. The van der Waals surface area contributed by atoms with Crippen LogP contribution in [0.25, 0.3) is 0 Å². The van der Waals surface area contributed by atoms with Crippen LogP contribution in [0.1, 0.15) is 92.4 Å². The van der Waals surface area contributed by atoms with Crippen molar-refractivity contribution < 1.29 is 28.6 Å². The Morgan fingerprint density at radius 1 is 0.818 bits per heavy atom. The van der Waals surface area contributed by atoms with Crippen molar-refractivity contribution in [1.82, 2.24) is 0 Å². The molecule has 0 amide bonds. The molecule has 0 saturated heterocycles. The van der Waals surface area contributed by atoms with Crippen molar-refractivity contribution in [3.8, 4) is 0 Å². The van der Waals surface area contributed by atoms with Crippen LogP contribution >= 0.6 is 0 Å². The lowest BCUT2D eigenvalue weighted by molar-refractivity contribution is -0.171. The van der Waals surface area contributed by atoms with Crippen LogP contribution in [-0.4, -0.2) is 36.7 Å². The first-order chi connectivity index (χ1) is 15.5. The normalized spacial score (nSPS) is 42.8. The molecule has 33 heavy (non-hydrogen) atoms. The van der Waals surface area contributed by atoms with Gasteiger partial charge in [0, 0.05) is 26.7 Å². The molecule has 186 valence electrons. The predicted octanol–water partition coefficient (Wildman–Crippen LogP) is 5.07. The van der Waals surface area contributed by atoms with Crippen LogP contribution in [0.4, 0.5) is 0 Å². The lowest BCUT2D eigenvalue weighted by Gasteiger charge is -2.61. The zero-order chi connectivity index (χ0) is 24.0. The quantitative estimate of drug-likeness (QED) is 0.419. The van der Waals surface area contributed by atoms with Gasteiger partial charge in [0.2, 0.25) is 0 Å². The summed E-state index contributed by atoms with van der Waals surface area (Å²) in [6, 6.07) is 0. The van der Waals surface area contributed by atoms with Crippen molar-refractivity contribution in [1.29, 1.82) is 0 Å². The van der Waals surface area contributed by atoms with E-state index in [9.17, 15) is 14.4 Å². The summed E-state index contributed by atoms with van der Waals surface area (Å²) in [6.07, 6.45) is 9.87. The van der Waals surface area contributed by atoms with Crippen LogP contribution in [-0.2, 0) is 28.6 Å². The zero-order valence-electron chi connectivity index (χ0n) is 21.1. The summed E-state index contributed by atoms with van der Waals surface area (Å²) < 4.78 is 16.6. The highest BCUT2D eigenvalue weighted by Gasteiger charge is 2.61. The second-order valence-electron chi connectivity index (χ2n) is 11.8. The van der Waals surface area contributed by atoms with E-state index >= 15 is 0 Å². The number of fused-ring (bicyclic) bond motifs is 5. The lowest BCUT2D eigenvalue weighted by atomic mass is 9.44. The average molecular weight is 463 g/mol. The maximum Gasteiger partial charge on any atom is 0.303 e. The van der Waals surface area contributed by atoms with Gasteiger partial charge in [0.05, 0.1) is 0 Å². The molecule has 0 aromatic heterocycles. The van der Waals surface area contributed by atoms with Gasteiger partial charge in [-0.25, -0.2) is 0 Å². The van der Waals surface area contributed by atoms with Crippen molar-refractivity contribution >= 4 is 17.9 Å². The highest BCUT2D eigenvalue weighted by Crippen LogP contribution is 2.68. The van der Waals surface area contributed by atoms with Gasteiger partial charge in [-0.15, -0.1) is 0 Å². The van der Waals surface area contributed by atoms with Crippen LogP contribution < -0.4 is 0 Å². The minimum Gasteiger partial charge on any atom is -0.463 e. The minimum absolute atomic E-state index is 0.0904. The topological polar surface area (TPSA) is 78.9 Å². The molecule has 6 nitrogen and oxygen atoms in total. The number of esters is 3. The Bertz CT molecular complexity index is 779. The van der Waals surface area contributed by atoms with Gasteiger partial charge in [0.15, 0.2) is 0 Å². The second kappa shape index (κ2) is 9.22. The van der Waals surface area contributed by atoms with E-state index in [0.29, 0.717) is 29.1 Å². The molecule has 9 atom stereocenters. The van der Waals surface area contributed by atoms with E-state index in [0.717, 1.165) is 38.5 Å². The average Bonchev–Trinajstić information content (AvgIpc) is 3.08. The van der Waals surface area contributed by atoms with Gasteiger partial charge in [0.1, 0.15) is 18.8 Å². The molecule has 6 heteroatoms. The SMILES string of the molecule is CC(=O)OC[C@H](OC(C)=O)[C@@H]1CC[C@@H]2[C@@H]3CC[C@H]4C[C@H](OC(C)=O)CC[C@]4(C)[C@H]3CC[C@]21C. The van der Waals surface area contributed by atoms with Crippen molar-refractivity contribution in [3.05, 3.63) is 0 Å². The van der Waals surface area contributed by atoms with Gasteiger partial charge in [0.25, 0.3) is 0 Å². The zero-order valence-corrected chi connectivity index (χ0v) is 21.1. The molecule has 0 unspecified atom stereocenters. The fourth-order valence-corrected chi connectivity index (χ4v) is 8.86. The standard InChI is InChI=1S/C27H42O6/c1-16(28)31-15-25(33-18(3)30)24-9-8-22-21-7-6-19-14-20(32-17(2)29)10-12-26(19,4)23(21)11-13-27(22,24)5/h19-25H,6-15H2,1-5H3/t19-,20+,21-,22+,23-,24-,25-,26-,27+/m0/s1. The van der Waals surface area contributed by atoms with Crippen LogP contribution in [0, 0.1) is 40.4 Å². The van der Waals surface area contributed by atoms with Gasteiger partial charge >= 0.3 is 17.9 Å². The Morgan fingerprint density at radius 3 is 2.18 bits per heavy atom.